The van der Waals surface area contributed by atoms with E-state index in [9.17, 15) is 8.42 Å². The van der Waals surface area contributed by atoms with Crippen LogP contribution in [-0.2, 0) is 14.8 Å². The fourth-order valence-corrected chi connectivity index (χ4v) is 4.68. The minimum atomic E-state index is -3.52. The average Bonchev–Trinajstić information content (AvgIpc) is 2.34. The lowest BCUT2D eigenvalue weighted by Crippen LogP contribution is -2.34. The van der Waals surface area contributed by atoms with Crippen LogP contribution in [0.25, 0.3) is 0 Å². The molecule has 0 aliphatic carbocycles. The van der Waals surface area contributed by atoms with E-state index in [-0.39, 0.29) is 4.90 Å². The summed E-state index contributed by atoms with van der Waals surface area (Å²) in [6.45, 7) is 4.84. The maximum absolute atomic E-state index is 12.6. The number of ether oxygens (including phenoxy) is 1. The maximum atomic E-state index is 12.6. The molecule has 0 spiro atoms. The molecule has 0 aliphatic heterocycles. The highest BCUT2D eigenvalue weighted by atomic mass is 79.9. The Morgan fingerprint density at radius 2 is 1.89 bits per heavy atom. The lowest BCUT2D eigenvalue weighted by molar-refractivity contribution is 0.180. The van der Waals surface area contributed by atoms with Gasteiger partial charge >= 0.3 is 0 Å². The number of methoxy groups -OCH3 is 1. The molecule has 1 aromatic carbocycles. The summed E-state index contributed by atoms with van der Waals surface area (Å²) in [6.07, 6.45) is 0. The third-order valence-corrected chi connectivity index (χ3v) is 6.52. The smallest absolute Gasteiger partial charge is 0.244 e. The Balaban J connectivity index is 3.22. The number of sulfonamides is 1. The van der Waals surface area contributed by atoms with Crippen molar-refractivity contribution >= 4 is 41.9 Å². The molecule has 0 unspecified atom stereocenters. The topological polar surface area (TPSA) is 46.6 Å². The summed E-state index contributed by atoms with van der Waals surface area (Å²) in [7, 11) is -1.96. The molecule has 0 radical (unpaired) electrons. The molecule has 0 fully saturated rings. The fourth-order valence-electron chi connectivity index (χ4n) is 1.61. The van der Waals surface area contributed by atoms with Gasteiger partial charge in [0, 0.05) is 29.1 Å². The van der Waals surface area contributed by atoms with Gasteiger partial charge < -0.3 is 4.74 Å². The number of halogens is 2. The number of hydrogen-bond donors (Lipinski definition) is 0. The van der Waals surface area contributed by atoms with E-state index in [1.807, 2.05) is 13.8 Å². The van der Waals surface area contributed by atoms with Crippen molar-refractivity contribution < 1.29 is 13.2 Å². The summed E-state index contributed by atoms with van der Waals surface area (Å²) in [5.74, 6) is 0. The highest BCUT2D eigenvalue weighted by molar-refractivity contribution is 9.11. The van der Waals surface area contributed by atoms with Crippen molar-refractivity contribution in [3.8, 4) is 0 Å². The number of rotatable bonds is 6. The van der Waals surface area contributed by atoms with Gasteiger partial charge in [-0.05, 0) is 40.5 Å². The molecule has 0 aliphatic rings. The van der Waals surface area contributed by atoms with Crippen molar-refractivity contribution in [1.82, 2.24) is 4.31 Å². The minimum absolute atomic E-state index is 0.267. The van der Waals surface area contributed by atoms with Crippen molar-refractivity contribution in [3.05, 3.63) is 26.6 Å². The molecule has 19 heavy (non-hydrogen) atoms. The summed E-state index contributed by atoms with van der Waals surface area (Å²) in [4.78, 5) is 0.267. The standard InChI is InChI=1S/C12H17Br2NO3S/c1-4-15(5-6-18-3)19(16,17)12-8-10(13)9(2)7-11(12)14/h7-8H,4-6H2,1-3H3. The SMILES string of the molecule is CCN(CCOC)S(=O)(=O)c1cc(Br)c(C)cc1Br. The van der Waals surface area contributed by atoms with Crippen LogP contribution in [0.5, 0.6) is 0 Å². The third kappa shape index (κ3) is 4.01. The van der Waals surface area contributed by atoms with Gasteiger partial charge in [0.1, 0.15) is 0 Å². The minimum Gasteiger partial charge on any atom is -0.383 e. The summed E-state index contributed by atoms with van der Waals surface area (Å²) >= 11 is 6.69. The third-order valence-electron chi connectivity index (χ3n) is 2.73. The molecular formula is C12H17Br2NO3S. The average molecular weight is 415 g/mol. The van der Waals surface area contributed by atoms with Crippen LogP contribution >= 0.6 is 31.9 Å². The molecule has 0 saturated heterocycles. The Hall–Kier alpha value is 0.0500. The van der Waals surface area contributed by atoms with E-state index >= 15 is 0 Å². The van der Waals surface area contributed by atoms with Crippen molar-refractivity contribution in [3.63, 3.8) is 0 Å². The van der Waals surface area contributed by atoms with Crippen LogP contribution in [0.4, 0.5) is 0 Å². The van der Waals surface area contributed by atoms with Crippen LogP contribution in [0.1, 0.15) is 12.5 Å². The maximum Gasteiger partial charge on any atom is 0.244 e. The zero-order valence-electron chi connectivity index (χ0n) is 11.1. The molecule has 0 N–H and O–H groups in total. The van der Waals surface area contributed by atoms with Gasteiger partial charge in [-0.3, -0.25) is 0 Å². The van der Waals surface area contributed by atoms with E-state index in [2.05, 4.69) is 31.9 Å². The first-order valence-corrected chi connectivity index (χ1v) is 8.82. The molecule has 0 heterocycles. The quantitative estimate of drug-likeness (QED) is 0.718. The van der Waals surface area contributed by atoms with Gasteiger partial charge in [0.05, 0.1) is 11.5 Å². The van der Waals surface area contributed by atoms with Crippen LogP contribution < -0.4 is 0 Å². The highest BCUT2D eigenvalue weighted by Gasteiger charge is 2.25. The molecule has 4 nitrogen and oxygen atoms in total. The van der Waals surface area contributed by atoms with Gasteiger partial charge in [0.15, 0.2) is 0 Å². The first kappa shape index (κ1) is 17.1. The van der Waals surface area contributed by atoms with Crippen molar-refractivity contribution in [2.24, 2.45) is 0 Å². The van der Waals surface area contributed by atoms with Gasteiger partial charge in [-0.2, -0.15) is 4.31 Å². The number of likely N-dealkylation sites (N-methyl/N-ethyl adjacent to an activating group) is 1. The number of hydrogen-bond acceptors (Lipinski definition) is 3. The van der Waals surface area contributed by atoms with Gasteiger partial charge in [0.25, 0.3) is 0 Å². The fraction of sp³-hybridized carbons (Fsp3) is 0.500. The molecule has 0 atom stereocenters. The zero-order chi connectivity index (χ0) is 14.6. The van der Waals surface area contributed by atoms with E-state index in [0.717, 1.165) is 10.0 Å². The van der Waals surface area contributed by atoms with Crippen LogP contribution in [0.15, 0.2) is 26.0 Å². The van der Waals surface area contributed by atoms with Crippen LogP contribution in [0.3, 0.4) is 0 Å². The molecule has 108 valence electrons. The second-order valence-corrected chi connectivity index (χ2v) is 7.64. The number of aryl methyl sites for hydroxylation is 1. The predicted octanol–water partition coefficient (Wildman–Crippen LogP) is 3.18. The molecule has 0 saturated carbocycles. The Labute approximate surface area is 131 Å². The predicted molar refractivity (Wildman–Crippen MR) is 82.9 cm³/mol. The van der Waals surface area contributed by atoms with Crippen molar-refractivity contribution in [2.75, 3.05) is 26.8 Å². The normalized spacial score (nSPS) is 12.1. The molecule has 1 rings (SSSR count). The van der Waals surface area contributed by atoms with Crippen molar-refractivity contribution in [1.29, 1.82) is 0 Å². The Morgan fingerprint density at radius 1 is 1.26 bits per heavy atom. The first-order chi connectivity index (χ1) is 8.84. The first-order valence-electron chi connectivity index (χ1n) is 5.79. The number of benzene rings is 1. The molecular weight excluding hydrogens is 398 g/mol. The summed E-state index contributed by atoms with van der Waals surface area (Å²) in [5, 5.41) is 0. The second-order valence-electron chi connectivity index (χ2n) is 4.02. The van der Waals surface area contributed by atoms with Gasteiger partial charge in [0.2, 0.25) is 10.0 Å². The van der Waals surface area contributed by atoms with Crippen molar-refractivity contribution in [2.45, 2.75) is 18.7 Å². The Bertz CT molecular complexity index is 546. The highest BCUT2D eigenvalue weighted by Crippen LogP contribution is 2.30. The van der Waals surface area contributed by atoms with Gasteiger partial charge in [-0.25, -0.2) is 8.42 Å². The van der Waals surface area contributed by atoms with E-state index in [0.29, 0.717) is 24.2 Å². The number of nitrogens with zero attached hydrogens (tertiary/aromatic N) is 1. The van der Waals surface area contributed by atoms with E-state index < -0.39 is 10.0 Å². The summed E-state index contributed by atoms with van der Waals surface area (Å²) in [6, 6.07) is 3.42. The van der Waals surface area contributed by atoms with Gasteiger partial charge in [-0.15, -0.1) is 0 Å². The van der Waals surface area contributed by atoms with E-state index in [4.69, 9.17) is 4.74 Å². The molecule has 1 aromatic rings. The molecule has 7 heteroatoms. The lowest BCUT2D eigenvalue weighted by atomic mass is 10.2. The van der Waals surface area contributed by atoms with Crippen LogP contribution in [-0.4, -0.2) is 39.5 Å². The lowest BCUT2D eigenvalue weighted by Gasteiger charge is -2.21. The van der Waals surface area contributed by atoms with Crippen LogP contribution in [0, 0.1) is 6.92 Å². The monoisotopic (exact) mass is 413 g/mol. The summed E-state index contributed by atoms with van der Waals surface area (Å²) < 4.78 is 32.8. The largest absolute Gasteiger partial charge is 0.383 e. The Morgan fingerprint density at radius 3 is 2.42 bits per heavy atom. The molecule has 0 amide bonds. The Kier molecular flexibility index (Phi) is 6.46. The van der Waals surface area contributed by atoms with E-state index in [1.165, 1.54) is 4.31 Å². The van der Waals surface area contributed by atoms with Crippen LogP contribution in [0.2, 0.25) is 0 Å². The second kappa shape index (κ2) is 7.17. The summed E-state index contributed by atoms with van der Waals surface area (Å²) in [5.41, 5.74) is 0.978. The molecule has 0 aromatic heterocycles. The zero-order valence-corrected chi connectivity index (χ0v) is 15.1. The van der Waals surface area contributed by atoms with E-state index in [1.54, 1.807) is 19.2 Å². The molecule has 0 bridgehead atoms. The van der Waals surface area contributed by atoms with Gasteiger partial charge in [-0.1, -0.05) is 22.9 Å².